The number of thioether (sulfide) groups is 1. The molecule has 2 aromatic carbocycles. The van der Waals surface area contributed by atoms with Gasteiger partial charge in [-0.1, -0.05) is 36.4 Å². The van der Waals surface area contributed by atoms with E-state index >= 15 is 0 Å². The summed E-state index contributed by atoms with van der Waals surface area (Å²) in [7, 11) is 0. The summed E-state index contributed by atoms with van der Waals surface area (Å²) >= 11 is 1.29. The van der Waals surface area contributed by atoms with Gasteiger partial charge in [0.1, 0.15) is 11.6 Å². The van der Waals surface area contributed by atoms with Crippen LogP contribution in [0.3, 0.4) is 0 Å². The molecule has 3 rings (SSSR count). The number of carbonyl (C=O) groups excluding carboxylic acids is 1. The Labute approximate surface area is 122 Å². The van der Waals surface area contributed by atoms with Gasteiger partial charge in [0.15, 0.2) is 0 Å². The predicted octanol–water partition coefficient (Wildman–Crippen LogP) is 4.22. The van der Waals surface area contributed by atoms with E-state index in [9.17, 15) is 9.18 Å². The molecule has 0 saturated heterocycles. The van der Waals surface area contributed by atoms with E-state index in [1.807, 2.05) is 12.1 Å². The number of benzene rings is 2. The van der Waals surface area contributed by atoms with Gasteiger partial charge < -0.3 is 0 Å². The molecule has 0 bridgehead atoms. The van der Waals surface area contributed by atoms with Gasteiger partial charge >= 0.3 is 0 Å². The number of ketones is 1. The zero-order valence-electron chi connectivity index (χ0n) is 11.0. The predicted molar refractivity (Wildman–Crippen MR) is 79.6 cm³/mol. The second-order valence-electron chi connectivity index (χ2n) is 5.06. The van der Waals surface area contributed by atoms with Crippen LogP contribution < -0.4 is 0 Å². The number of hydrogen-bond acceptors (Lipinski definition) is 2. The number of carbonyl (C=O) groups is 1. The lowest BCUT2D eigenvalue weighted by Crippen LogP contribution is -2.20. The minimum absolute atomic E-state index is 0.192. The van der Waals surface area contributed by atoms with Gasteiger partial charge in [-0.05, 0) is 35.6 Å². The summed E-state index contributed by atoms with van der Waals surface area (Å²) in [4.78, 5) is 12.5. The van der Waals surface area contributed by atoms with Crippen LogP contribution in [0.15, 0.2) is 53.4 Å². The van der Waals surface area contributed by atoms with E-state index in [2.05, 4.69) is 12.1 Å². The van der Waals surface area contributed by atoms with Crippen LogP contribution in [0.4, 0.5) is 4.39 Å². The molecular weight excluding hydrogens is 271 g/mol. The smallest absolute Gasteiger partial charge is 0.143 e. The lowest BCUT2D eigenvalue weighted by atomic mass is 9.75. The molecule has 1 atom stereocenters. The van der Waals surface area contributed by atoms with E-state index in [0.717, 1.165) is 6.42 Å². The van der Waals surface area contributed by atoms with Crippen molar-refractivity contribution in [2.75, 3.05) is 5.75 Å². The van der Waals surface area contributed by atoms with Crippen molar-refractivity contribution in [2.24, 2.45) is 0 Å². The Morgan fingerprint density at radius 2 is 1.90 bits per heavy atom. The summed E-state index contributed by atoms with van der Waals surface area (Å²) in [5.74, 6) is 0.650. The summed E-state index contributed by atoms with van der Waals surface area (Å²) < 4.78 is 13.4. The van der Waals surface area contributed by atoms with Crippen LogP contribution in [0.1, 0.15) is 23.5 Å². The Morgan fingerprint density at radius 3 is 2.70 bits per heavy atom. The minimum Gasteiger partial charge on any atom is -0.299 e. The molecule has 0 spiro atoms. The second kappa shape index (κ2) is 5.80. The molecule has 0 saturated carbocycles. The molecule has 1 aliphatic carbocycles. The lowest BCUT2D eigenvalue weighted by Gasteiger charge is -2.29. The Bertz CT molecular complexity index is 638. The van der Waals surface area contributed by atoms with E-state index < -0.39 is 0 Å². The monoisotopic (exact) mass is 286 g/mol. The standard InChI is InChI=1S/C17H15FOS/c18-16-7-3-4-8-17(16)20-11-14(19)10-13-9-12-5-1-2-6-15(12)13/h1-8,13H,9-11H2. The third-order valence-corrected chi connectivity index (χ3v) is 4.77. The third kappa shape index (κ3) is 2.78. The van der Waals surface area contributed by atoms with Gasteiger partial charge in [-0.3, -0.25) is 4.79 Å². The van der Waals surface area contributed by atoms with E-state index in [-0.39, 0.29) is 11.6 Å². The Kier molecular flexibility index (Phi) is 3.88. The van der Waals surface area contributed by atoms with Gasteiger partial charge in [0.2, 0.25) is 0 Å². The molecule has 0 radical (unpaired) electrons. The van der Waals surface area contributed by atoms with Gasteiger partial charge in [-0.15, -0.1) is 11.8 Å². The zero-order chi connectivity index (χ0) is 13.9. The summed E-state index contributed by atoms with van der Waals surface area (Å²) in [6, 6.07) is 14.9. The molecule has 0 N–H and O–H groups in total. The number of fused-ring (bicyclic) bond motifs is 1. The molecule has 102 valence electrons. The number of halogens is 1. The lowest BCUT2D eigenvalue weighted by molar-refractivity contribution is -0.117. The van der Waals surface area contributed by atoms with Crippen molar-refractivity contribution in [3.63, 3.8) is 0 Å². The second-order valence-corrected chi connectivity index (χ2v) is 6.08. The highest BCUT2D eigenvalue weighted by Crippen LogP contribution is 2.37. The van der Waals surface area contributed by atoms with Crippen molar-refractivity contribution in [2.45, 2.75) is 23.7 Å². The Hall–Kier alpha value is -1.61. The summed E-state index contributed by atoms with van der Waals surface area (Å²) in [6.07, 6.45) is 1.56. The summed E-state index contributed by atoms with van der Waals surface area (Å²) in [5.41, 5.74) is 2.66. The minimum atomic E-state index is -0.251. The normalized spacial score (nSPS) is 16.4. The van der Waals surface area contributed by atoms with E-state index in [0.29, 0.717) is 23.0 Å². The fourth-order valence-electron chi connectivity index (χ4n) is 2.60. The van der Waals surface area contributed by atoms with Gasteiger partial charge in [0.05, 0.1) is 5.75 Å². The molecule has 1 nitrogen and oxygen atoms in total. The van der Waals surface area contributed by atoms with E-state index in [1.54, 1.807) is 18.2 Å². The first-order chi connectivity index (χ1) is 9.74. The number of rotatable bonds is 5. The fraction of sp³-hybridized carbons (Fsp3) is 0.235. The molecule has 0 aliphatic heterocycles. The molecular formula is C17H15FOS. The molecule has 3 heteroatoms. The van der Waals surface area contributed by atoms with Crippen molar-refractivity contribution < 1.29 is 9.18 Å². The fourth-order valence-corrected chi connectivity index (χ4v) is 3.41. The van der Waals surface area contributed by atoms with Crippen LogP contribution >= 0.6 is 11.8 Å². The van der Waals surface area contributed by atoms with Crippen LogP contribution in [-0.4, -0.2) is 11.5 Å². The summed E-state index contributed by atoms with van der Waals surface area (Å²) in [6.45, 7) is 0. The molecule has 0 fully saturated rings. The number of hydrogen-bond donors (Lipinski definition) is 0. The van der Waals surface area contributed by atoms with Crippen LogP contribution in [0.25, 0.3) is 0 Å². The van der Waals surface area contributed by atoms with Gasteiger partial charge in [-0.25, -0.2) is 4.39 Å². The molecule has 2 aromatic rings. The van der Waals surface area contributed by atoms with Gasteiger partial charge in [0, 0.05) is 11.3 Å². The van der Waals surface area contributed by atoms with Crippen LogP contribution in [0.5, 0.6) is 0 Å². The first-order valence-electron chi connectivity index (χ1n) is 6.71. The average molecular weight is 286 g/mol. The third-order valence-electron chi connectivity index (χ3n) is 3.66. The molecule has 1 aliphatic rings. The molecule has 1 unspecified atom stereocenters. The highest BCUT2D eigenvalue weighted by Gasteiger charge is 2.27. The first kappa shape index (κ1) is 13.4. The van der Waals surface area contributed by atoms with Crippen molar-refractivity contribution in [3.8, 4) is 0 Å². The van der Waals surface area contributed by atoms with Gasteiger partial charge in [0.25, 0.3) is 0 Å². The van der Waals surface area contributed by atoms with Crippen molar-refractivity contribution in [1.29, 1.82) is 0 Å². The zero-order valence-corrected chi connectivity index (χ0v) is 11.8. The average Bonchev–Trinajstić information content (AvgIpc) is 2.44. The van der Waals surface area contributed by atoms with E-state index in [4.69, 9.17) is 0 Å². The van der Waals surface area contributed by atoms with Crippen molar-refractivity contribution >= 4 is 17.5 Å². The van der Waals surface area contributed by atoms with Crippen LogP contribution in [-0.2, 0) is 11.2 Å². The maximum absolute atomic E-state index is 13.4. The maximum Gasteiger partial charge on any atom is 0.143 e. The quantitative estimate of drug-likeness (QED) is 0.766. The van der Waals surface area contributed by atoms with Crippen LogP contribution in [0, 0.1) is 5.82 Å². The SMILES string of the molecule is O=C(CSc1ccccc1F)CC1Cc2ccccc21. The van der Waals surface area contributed by atoms with Crippen molar-refractivity contribution in [1.82, 2.24) is 0 Å². The van der Waals surface area contributed by atoms with Gasteiger partial charge in [-0.2, -0.15) is 0 Å². The largest absolute Gasteiger partial charge is 0.299 e. The molecule has 0 aromatic heterocycles. The summed E-state index contributed by atoms with van der Waals surface area (Å²) in [5, 5.41) is 0. The van der Waals surface area contributed by atoms with Crippen molar-refractivity contribution in [3.05, 3.63) is 65.5 Å². The highest BCUT2D eigenvalue weighted by molar-refractivity contribution is 8.00. The topological polar surface area (TPSA) is 17.1 Å². The Morgan fingerprint density at radius 1 is 1.15 bits per heavy atom. The molecule has 20 heavy (non-hydrogen) atoms. The van der Waals surface area contributed by atoms with E-state index in [1.165, 1.54) is 29.0 Å². The number of Topliss-reactive ketones (excluding diaryl/α,β-unsaturated/α-hetero) is 1. The Balaban J connectivity index is 1.53. The highest BCUT2D eigenvalue weighted by atomic mass is 32.2. The maximum atomic E-state index is 13.4. The molecule has 0 heterocycles. The molecule has 0 amide bonds. The first-order valence-corrected chi connectivity index (χ1v) is 7.69. The van der Waals surface area contributed by atoms with Crippen LogP contribution in [0.2, 0.25) is 0 Å².